The van der Waals surface area contributed by atoms with Crippen LogP contribution in [0, 0.1) is 19.8 Å². The summed E-state index contributed by atoms with van der Waals surface area (Å²) in [6.07, 6.45) is 1.21. The molecule has 0 aliphatic rings. The van der Waals surface area contributed by atoms with Gasteiger partial charge < -0.3 is 5.32 Å². The van der Waals surface area contributed by atoms with Crippen molar-refractivity contribution in [3.63, 3.8) is 0 Å². The summed E-state index contributed by atoms with van der Waals surface area (Å²) in [7, 11) is 0. The van der Waals surface area contributed by atoms with Crippen molar-refractivity contribution in [1.82, 2.24) is 10.3 Å². The van der Waals surface area contributed by atoms with E-state index in [4.69, 9.17) is 0 Å². The van der Waals surface area contributed by atoms with Crippen LogP contribution in [-0.2, 0) is 0 Å². The fraction of sp³-hybridized carbons (Fsp3) is 0.643. The zero-order chi connectivity index (χ0) is 12.7. The quantitative estimate of drug-likeness (QED) is 0.594. The first kappa shape index (κ1) is 14.5. The molecule has 0 fully saturated rings. The molecule has 0 bridgehead atoms. The van der Waals surface area contributed by atoms with Crippen molar-refractivity contribution >= 4 is 11.8 Å². The molecule has 0 saturated heterocycles. The highest BCUT2D eigenvalue weighted by molar-refractivity contribution is 7.99. The summed E-state index contributed by atoms with van der Waals surface area (Å²) in [6, 6.07) is 4.29. The lowest BCUT2D eigenvalue weighted by Gasteiger charge is -2.12. The molecule has 0 saturated carbocycles. The number of hydrogen-bond acceptors (Lipinski definition) is 3. The van der Waals surface area contributed by atoms with E-state index in [9.17, 15) is 0 Å². The third-order valence-electron chi connectivity index (χ3n) is 2.51. The molecule has 1 atom stereocenters. The molecule has 1 rings (SSSR count). The number of nitrogens with zero attached hydrogens (tertiary/aromatic N) is 1. The number of nitrogens with one attached hydrogen (secondary N) is 1. The van der Waals surface area contributed by atoms with Gasteiger partial charge in [-0.1, -0.05) is 13.8 Å². The Morgan fingerprint density at radius 3 is 2.76 bits per heavy atom. The van der Waals surface area contributed by atoms with E-state index in [-0.39, 0.29) is 0 Å². The Hall–Kier alpha value is -0.540. The lowest BCUT2D eigenvalue weighted by molar-refractivity contribution is 0.557. The average molecular weight is 252 g/mol. The summed E-state index contributed by atoms with van der Waals surface area (Å²) in [5.74, 6) is 1.82. The maximum Gasteiger partial charge on any atom is 0.0965 e. The normalized spacial score (nSPS) is 12.7. The van der Waals surface area contributed by atoms with Gasteiger partial charge in [0.15, 0.2) is 0 Å². The molecule has 0 aliphatic carbocycles. The second kappa shape index (κ2) is 7.72. The van der Waals surface area contributed by atoms with Gasteiger partial charge in [-0.25, -0.2) is 4.98 Å². The molecular weight excluding hydrogens is 228 g/mol. The highest BCUT2D eigenvalue weighted by atomic mass is 32.2. The average Bonchev–Trinajstić information content (AvgIpc) is 2.25. The van der Waals surface area contributed by atoms with Gasteiger partial charge in [0.05, 0.1) is 5.03 Å². The van der Waals surface area contributed by atoms with Gasteiger partial charge in [-0.15, -0.1) is 11.8 Å². The summed E-state index contributed by atoms with van der Waals surface area (Å²) in [4.78, 5) is 4.54. The third kappa shape index (κ3) is 6.08. The van der Waals surface area contributed by atoms with Crippen molar-refractivity contribution in [2.45, 2.75) is 39.1 Å². The minimum absolute atomic E-state index is 0.689. The third-order valence-corrected chi connectivity index (χ3v) is 3.75. The molecule has 2 nitrogen and oxygen atoms in total. The molecule has 1 aromatic heterocycles. The molecule has 0 amide bonds. The molecule has 1 N–H and O–H groups in total. The Balaban J connectivity index is 2.34. The Kier molecular flexibility index (Phi) is 6.60. The molecule has 0 spiro atoms. The first-order valence-corrected chi connectivity index (χ1v) is 7.39. The number of pyridine rings is 1. The van der Waals surface area contributed by atoms with Crippen LogP contribution in [0.5, 0.6) is 0 Å². The molecule has 3 heteroatoms. The second-order valence-corrected chi connectivity index (χ2v) is 5.78. The molecule has 17 heavy (non-hydrogen) atoms. The van der Waals surface area contributed by atoms with Crippen LogP contribution < -0.4 is 5.32 Å². The summed E-state index contributed by atoms with van der Waals surface area (Å²) in [6.45, 7) is 10.9. The standard InChI is InChI=1S/C14H24N2S/c1-5-6-15-9-12(3)10-17-14-8-11(2)7-13(4)16-14/h7-8,12,15H,5-6,9-10H2,1-4H3. The predicted molar refractivity (Wildman–Crippen MR) is 76.8 cm³/mol. The fourth-order valence-electron chi connectivity index (χ4n) is 1.69. The predicted octanol–water partition coefficient (Wildman–Crippen LogP) is 3.43. The zero-order valence-electron chi connectivity index (χ0n) is 11.4. The van der Waals surface area contributed by atoms with Crippen LogP contribution in [0.2, 0.25) is 0 Å². The van der Waals surface area contributed by atoms with Crippen molar-refractivity contribution in [3.05, 3.63) is 23.4 Å². The van der Waals surface area contributed by atoms with Crippen molar-refractivity contribution in [2.24, 2.45) is 5.92 Å². The maximum atomic E-state index is 4.54. The van der Waals surface area contributed by atoms with Gasteiger partial charge in [-0.2, -0.15) is 0 Å². The number of thioether (sulfide) groups is 1. The smallest absolute Gasteiger partial charge is 0.0965 e. The Bertz CT molecular complexity index is 319. The molecule has 1 aromatic rings. The molecular formula is C14H24N2S. The van der Waals surface area contributed by atoms with Crippen molar-refractivity contribution in [1.29, 1.82) is 0 Å². The number of aromatic nitrogens is 1. The molecule has 0 aromatic carbocycles. The zero-order valence-corrected chi connectivity index (χ0v) is 12.2. The molecule has 0 aliphatic heterocycles. The number of rotatable bonds is 7. The fourth-order valence-corrected chi connectivity index (χ4v) is 2.74. The van der Waals surface area contributed by atoms with Crippen molar-refractivity contribution < 1.29 is 0 Å². The van der Waals surface area contributed by atoms with Crippen LogP contribution in [0.1, 0.15) is 31.5 Å². The highest BCUT2D eigenvalue weighted by Gasteiger charge is 2.04. The van der Waals surface area contributed by atoms with Crippen molar-refractivity contribution in [2.75, 3.05) is 18.8 Å². The van der Waals surface area contributed by atoms with Crippen molar-refractivity contribution in [3.8, 4) is 0 Å². The van der Waals surface area contributed by atoms with E-state index < -0.39 is 0 Å². The van der Waals surface area contributed by atoms with Crippen LogP contribution in [0.3, 0.4) is 0 Å². The second-order valence-electron chi connectivity index (χ2n) is 4.74. The monoisotopic (exact) mass is 252 g/mol. The topological polar surface area (TPSA) is 24.9 Å². The molecule has 1 unspecified atom stereocenters. The van der Waals surface area contributed by atoms with Gasteiger partial charge in [0.25, 0.3) is 0 Å². The molecule has 96 valence electrons. The van der Waals surface area contributed by atoms with Crippen LogP contribution in [0.4, 0.5) is 0 Å². The van der Waals surface area contributed by atoms with E-state index in [0.29, 0.717) is 5.92 Å². The first-order chi connectivity index (χ1) is 8.11. The van der Waals surface area contributed by atoms with Crippen LogP contribution >= 0.6 is 11.8 Å². The van der Waals surface area contributed by atoms with E-state index in [1.54, 1.807) is 0 Å². The van der Waals surface area contributed by atoms with E-state index in [1.807, 2.05) is 11.8 Å². The number of aryl methyl sites for hydroxylation is 2. The SMILES string of the molecule is CCCNCC(C)CSc1cc(C)cc(C)n1. The molecule has 1 heterocycles. The van der Waals surface area contributed by atoms with Gasteiger partial charge in [0.2, 0.25) is 0 Å². The Labute approximate surface area is 110 Å². The van der Waals surface area contributed by atoms with Crippen LogP contribution in [-0.4, -0.2) is 23.8 Å². The highest BCUT2D eigenvalue weighted by Crippen LogP contribution is 2.20. The van der Waals surface area contributed by atoms with Gasteiger partial charge in [0.1, 0.15) is 0 Å². The minimum Gasteiger partial charge on any atom is -0.316 e. The minimum atomic E-state index is 0.689. The van der Waals surface area contributed by atoms with Crippen LogP contribution in [0.15, 0.2) is 17.2 Å². The van der Waals surface area contributed by atoms with E-state index in [0.717, 1.165) is 29.6 Å². The Morgan fingerprint density at radius 1 is 1.35 bits per heavy atom. The Morgan fingerprint density at radius 2 is 2.12 bits per heavy atom. The van der Waals surface area contributed by atoms with E-state index in [2.05, 4.69) is 50.1 Å². The van der Waals surface area contributed by atoms with Gasteiger partial charge in [0, 0.05) is 11.4 Å². The lowest BCUT2D eigenvalue weighted by atomic mass is 10.2. The number of hydrogen-bond donors (Lipinski definition) is 1. The van der Waals surface area contributed by atoms with Crippen LogP contribution in [0.25, 0.3) is 0 Å². The van der Waals surface area contributed by atoms with E-state index in [1.165, 1.54) is 12.0 Å². The lowest BCUT2D eigenvalue weighted by Crippen LogP contribution is -2.23. The van der Waals surface area contributed by atoms with Gasteiger partial charge in [-0.05, 0) is 57.0 Å². The summed E-state index contributed by atoms with van der Waals surface area (Å²) < 4.78 is 0. The van der Waals surface area contributed by atoms with E-state index >= 15 is 0 Å². The first-order valence-electron chi connectivity index (χ1n) is 6.40. The summed E-state index contributed by atoms with van der Waals surface area (Å²) >= 11 is 1.86. The van der Waals surface area contributed by atoms with Gasteiger partial charge >= 0.3 is 0 Å². The molecule has 0 radical (unpaired) electrons. The summed E-state index contributed by atoms with van der Waals surface area (Å²) in [5.41, 5.74) is 2.42. The largest absolute Gasteiger partial charge is 0.316 e. The maximum absolute atomic E-state index is 4.54. The summed E-state index contributed by atoms with van der Waals surface area (Å²) in [5, 5.41) is 4.62. The van der Waals surface area contributed by atoms with Gasteiger partial charge in [-0.3, -0.25) is 0 Å².